The first kappa shape index (κ1) is 23.6. The second kappa shape index (κ2) is 10.4. The first-order valence-electron chi connectivity index (χ1n) is 10.6. The first-order chi connectivity index (χ1) is 14.1. The van der Waals surface area contributed by atoms with Crippen LogP contribution in [0.1, 0.15) is 51.4 Å². The van der Waals surface area contributed by atoms with Gasteiger partial charge >= 0.3 is 6.03 Å². The van der Waals surface area contributed by atoms with E-state index in [1.165, 1.54) is 24.3 Å². The van der Waals surface area contributed by atoms with Gasteiger partial charge in [0.05, 0.1) is 0 Å². The van der Waals surface area contributed by atoms with Crippen molar-refractivity contribution in [3.8, 4) is 0 Å². The average Bonchev–Trinajstić information content (AvgIpc) is 2.70. The molecular formula is C22H33FN4O3. The highest BCUT2D eigenvalue weighted by atomic mass is 19.1. The molecule has 8 heteroatoms. The Morgan fingerprint density at radius 1 is 1.10 bits per heavy atom. The number of piperazine rings is 1. The van der Waals surface area contributed by atoms with E-state index in [-0.39, 0.29) is 29.9 Å². The summed E-state index contributed by atoms with van der Waals surface area (Å²) >= 11 is 0. The molecule has 1 aromatic carbocycles. The van der Waals surface area contributed by atoms with Crippen molar-refractivity contribution in [2.75, 3.05) is 19.6 Å². The highest BCUT2D eigenvalue weighted by Crippen LogP contribution is 2.17. The van der Waals surface area contributed by atoms with Crippen LogP contribution in [0.4, 0.5) is 9.18 Å². The summed E-state index contributed by atoms with van der Waals surface area (Å²) in [6.45, 7) is 10.9. The number of urea groups is 1. The third-order valence-electron chi connectivity index (χ3n) is 5.48. The van der Waals surface area contributed by atoms with Gasteiger partial charge in [0, 0.05) is 37.3 Å². The molecule has 0 spiro atoms. The zero-order chi connectivity index (χ0) is 22.4. The zero-order valence-corrected chi connectivity index (χ0v) is 18.4. The van der Waals surface area contributed by atoms with Gasteiger partial charge in [0.2, 0.25) is 5.91 Å². The Hall–Kier alpha value is -2.64. The van der Waals surface area contributed by atoms with E-state index in [0.29, 0.717) is 31.6 Å². The van der Waals surface area contributed by atoms with Crippen molar-refractivity contribution >= 4 is 17.8 Å². The molecule has 1 aliphatic heterocycles. The number of carbonyl (C=O) groups is 3. The average molecular weight is 421 g/mol. The molecular weight excluding hydrogens is 387 g/mol. The van der Waals surface area contributed by atoms with E-state index in [0.717, 1.165) is 0 Å². The molecule has 1 aliphatic rings. The molecule has 4 amide bonds. The summed E-state index contributed by atoms with van der Waals surface area (Å²) in [6.07, 6.45) is 0.715. The van der Waals surface area contributed by atoms with Crippen LogP contribution < -0.4 is 10.6 Å². The van der Waals surface area contributed by atoms with Crippen molar-refractivity contribution in [2.24, 2.45) is 5.92 Å². The lowest BCUT2D eigenvalue weighted by atomic mass is 9.96. The highest BCUT2D eigenvalue weighted by molar-refractivity contribution is 5.97. The lowest BCUT2D eigenvalue weighted by molar-refractivity contribution is -0.136. The molecule has 2 rings (SSSR count). The van der Waals surface area contributed by atoms with E-state index in [9.17, 15) is 18.8 Å². The Labute approximate surface area is 178 Å². The highest BCUT2D eigenvalue weighted by Gasteiger charge is 2.35. The lowest BCUT2D eigenvalue weighted by Crippen LogP contribution is -2.61. The molecule has 3 atom stereocenters. The fraction of sp³-hybridized carbons (Fsp3) is 0.591. The number of rotatable bonds is 6. The largest absolute Gasteiger partial charge is 0.340 e. The summed E-state index contributed by atoms with van der Waals surface area (Å²) < 4.78 is 13.1. The van der Waals surface area contributed by atoms with Crippen LogP contribution in [0.15, 0.2) is 24.3 Å². The van der Waals surface area contributed by atoms with Crippen LogP contribution in [0, 0.1) is 11.7 Å². The van der Waals surface area contributed by atoms with Crippen LogP contribution in [-0.2, 0) is 4.79 Å². The normalized spacial score (nSPS) is 18.7. The molecule has 2 N–H and O–H groups in total. The zero-order valence-electron chi connectivity index (χ0n) is 18.4. The smallest absolute Gasteiger partial charge is 0.317 e. The van der Waals surface area contributed by atoms with Crippen molar-refractivity contribution in [1.82, 2.24) is 20.4 Å². The van der Waals surface area contributed by atoms with Gasteiger partial charge in [-0.15, -0.1) is 0 Å². The van der Waals surface area contributed by atoms with Crippen molar-refractivity contribution in [1.29, 1.82) is 0 Å². The van der Waals surface area contributed by atoms with E-state index >= 15 is 0 Å². The maximum absolute atomic E-state index is 13.3. The van der Waals surface area contributed by atoms with Crippen molar-refractivity contribution in [2.45, 2.75) is 59.2 Å². The number of amides is 4. The third-order valence-corrected chi connectivity index (χ3v) is 5.48. The van der Waals surface area contributed by atoms with Gasteiger partial charge in [-0.3, -0.25) is 9.59 Å². The number of nitrogens with zero attached hydrogens (tertiary/aromatic N) is 2. The Morgan fingerprint density at radius 3 is 2.27 bits per heavy atom. The minimum absolute atomic E-state index is 0.0424. The Morgan fingerprint density at radius 2 is 1.73 bits per heavy atom. The van der Waals surface area contributed by atoms with E-state index in [1.807, 2.05) is 34.6 Å². The molecule has 3 unspecified atom stereocenters. The van der Waals surface area contributed by atoms with E-state index in [2.05, 4.69) is 10.6 Å². The van der Waals surface area contributed by atoms with Gasteiger partial charge in [-0.05, 0) is 51.0 Å². The van der Waals surface area contributed by atoms with Gasteiger partial charge in [0.1, 0.15) is 11.9 Å². The van der Waals surface area contributed by atoms with E-state index in [4.69, 9.17) is 0 Å². The van der Waals surface area contributed by atoms with E-state index < -0.39 is 17.8 Å². The van der Waals surface area contributed by atoms with E-state index in [1.54, 1.807) is 9.80 Å². The van der Waals surface area contributed by atoms with Crippen molar-refractivity contribution < 1.29 is 18.8 Å². The number of hydrogen-bond donors (Lipinski definition) is 2. The molecule has 30 heavy (non-hydrogen) atoms. The van der Waals surface area contributed by atoms with Gasteiger partial charge in [0.15, 0.2) is 0 Å². The molecule has 1 aromatic rings. The monoisotopic (exact) mass is 420 g/mol. The molecule has 1 heterocycles. The van der Waals surface area contributed by atoms with Crippen LogP contribution in [0.5, 0.6) is 0 Å². The molecule has 7 nitrogen and oxygen atoms in total. The summed E-state index contributed by atoms with van der Waals surface area (Å²) in [5.74, 6) is -1.05. The van der Waals surface area contributed by atoms with Crippen LogP contribution >= 0.6 is 0 Å². The molecule has 0 aliphatic carbocycles. The predicted octanol–water partition coefficient (Wildman–Crippen LogP) is 2.62. The summed E-state index contributed by atoms with van der Waals surface area (Å²) in [5.41, 5.74) is 0.307. The van der Waals surface area contributed by atoms with Gasteiger partial charge in [-0.25, -0.2) is 9.18 Å². The Kier molecular flexibility index (Phi) is 8.20. The van der Waals surface area contributed by atoms with Gasteiger partial charge in [-0.2, -0.15) is 0 Å². The number of benzene rings is 1. The minimum atomic E-state index is -0.684. The molecule has 0 aromatic heterocycles. The summed E-state index contributed by atoms with van der Waals surface area (Å²) in [4.78, 5) is 41.7. The molecule has 0 bridgehead atoms. The second-order valence-electron chi connectivity index (χ2n) is 8.27. The molecule has 0 saturated carbocycles. The second-order valence-corrected chi connectivity index (χ2v) is 8.27. The van der Waals surface area contributed by atoms with Crippen molar-refractivity contribution in [3.63, 3.8) is 0 Å². The fourth-order valence-corrected chi connectivity index (χ4v) is 3.49. The van der Waals surface area contributed by atoms with Crippen molar-refractivity contribution in [3.05, 3.63) is 35.6 Å². The topological polar surface area (TPSA) is 81.8 Å². The quantitative estimate of drug-likeness (QED) is 0.742. The number of nitrogens with one attached hydrogen (secondary N) is 2. The lowest BCUT2D eigenvalue weighted by Gasteiger charge is -2.41. The number of hydrogen-bond acceptors (Lipinski definition) is 3. The fourth-order valence-electron chi connectivity index (χ4n) is 3.49. The third kappa shape index (κ3) is 5.93. The van der Waals surface area contributed by atoms with Crippen LogP contribution in [-0.4, -0.2) is 65.4 Å². The van der Waals surface area contributed by atoms with Crippen LogP contribution in [0.3, 0.4) is 0 Å². The Bertz CT molecular complexity index is 753. The molecule has 1 saturated heterocycles. The van der Waals surface area contributed by atoms with Gasteiger partial charge < -0.3 is 20.4 Å². The number of carbonyl (C=O) groups excluding carboxylic acids is 3. The predicted molar refractivity (Wildman–Crippen MR) is 114 cm³/mol. The van der Waals surface area contributed by atoms with Crippen LogP contribution in [0.2, 0.25) is 0 Å². The summed E-state index contributed by atoms with van der Waals surface area (Å²) in [6, 6.07) is 4.33. The number of halogens is 1. The summed E-state index contributed by atoms with van der Waals surface area (Å²) in [7, 11) is 0. The Balaban J connectivity index is 2.07. The molecule has 1 fully saturated rings. The molecule has 0 radical (unpaired) electrons. The summed E-state index contributed by atoms with van der Waals surface area (Å²) in [5, 5.41) is 5.72. The standard InChI is InChI=1S/C22H33FN4O3/c1-6-15(4)19(25-20(28)17-7-9-18(23)10-8-17)21(29)26-11-12-27(16(5)13-26)22(30)24-14(2)3/h7-10,14-16,19H,6,11-13H2,1-5H3,(H,24,30)(H,25,28). The van der Waals surface area contributed by atoms with Crippen LogP contribution in [0.25, 0.3) is 0 Å². The maximum Gasteiger partial charge on any atom is 0.317 e. The van der Waals surface area contributed by atoms with Gasteiger partial charge in [-0.1, -0.05) is 20.3 Å². The SMILES string of the molecule is CCC(C)C(NC(=O)c1ccc(F)cc1)C(=O)N1CCN(C(=O)NC(C)C)C(C)C1. The maximum atomic E-state index is 13.3. The van der Waals surface area contributed by atoms with Gasteiger partial charge in [0.25, 0.3) is 5.91 Å². The minimum Gasteiger partial charge on any atom is -0.340 e. The first-order valence-corrected chi connectivity index (χ1v) is 10.6. The molecule has 166 valence electrons.